The van der Waals surface area contributed by atoms with Crippen LogP contribution in [0.5, 0.6) is 0 Å². The highest BCUT2D eigenvalue weighted by Crippen LogP contribution is 2.36. The summed E-state index contributed by atoms with van der Waals surface area (Å²) in [4.78, 5) is 0. The van der Waals surface area contributed by atoms with Gasteiger partial charge >= 0.3 is 0 Å². The standard InChI is InChI=1S/C21H31N/c1-7-12-22-13-10-9-11-17(4)20-14-18(5)21(16(3)8-2)19(6)15-20/h7,10,13,15,17,22H,1,3,5,8-9,11-12,14H2,2,4,6H3/b13-10+. The summed E-state index contributed by atoms with van der Waals surface area (Å²) in [6.45, 7) is 19.6. The van der Waals surface area contributed by atoms with E-state index in [0.29, 0.717) is 5.92 Å². The van der Waals surface area contributed by atoms with Crippen LogP contribution in [0.1, 0.15) is 46.5 Å². The van der Waals surface area contributed by atoms with Gasteiger partial charge in [0.1, 0.15) is 0 Å². The first-order valence-corrected chi connectivity index (χ1v) is 8.28. The fourth-order valence-electron chi connectivity index (χ4n) is 2.89. The molecule has 0 aromatic rings. The highest BCUT2D eigenvalue weighted by Gasteiger charge is 2.19. The molecule has 1 aliphatic rings. The molecule has 120 valence electrons. The fourth-order valence-corrected chi connectivity index (χ4v) is 2.89. The van der Waals surface area contributed by atoms with Gasteiger partial charge in [0, 0.05) is 6.54 Å². The van der Waals surface area contributed by atoms with Gasteiger partial charge in [0.05, 0.1) is 0 Å². The van der Waals surface area contributed by atoms with Crippen LogP contribution >= 0.6 is 0 Å². The van der Waals surface area contributed by atoms with E-state index in [9.17, 15) is 0 Å². The number of rotatable bonds is 9. The van der Waals surface area contributed by atoms with Gasteiger partial charge in [-0.15, -0.1) is 6.58 Å². The van der Waals surface area contributed by atoms with Crippen molar-refractivity contribution in [2.45, 2.75) is 46.5 Å². The highest BCUT2D eigenvalue weighted by atomic mass is 14.8. The molecule has 1 nitrogen and oxygen atoms in total. The summed E-state index contributed by atoms with van der Waals surface area (Å²) < 4.78 is 0. The Labute approximate surface area is 136 Å². The van der Waals surface area contributed by atoms with Crippen molar-refractivity contribution >= 4 is 0 Å². The first-order valence-electron chi connectivity index (χ1n) is 8.28. The van der Waals surface area contributed by atoms with E-state index in [0.717, 1.165) is 25.8 Å². The molecule has 1 heteroatoms. The molecule has 0 saturated heterocycles. The lowest BCUT2D eigenvalue weighted by molar-refractivity contribution is 0.604. The van der Waals surface area contributed by atoms with Gasteiger partial charge in [-0.1, -0.05) is 50.8 Å². The normalized spacial score (nSPS) is 16.7. The van der Waals surface area contributed by atoms with Crippen LogP contribution in [0, 0.1) is 5.92 Å². The molecule has 0 bridgehead atoms. The van der Waals surface area contributed by atoms with Gasteiger partial charge in [-0.2, -0.15) is 0 Å². The van der Waals surface area contributed by atoms with E-state index in [1.165, 1.54) is 34.3 Å². The summed E-state index contributed by atoms with van der Waals surface area (Å²) in [5.74, 6) is 0.590. The highest BCUT2D eigenvalue weighted by molar-refractivity contribution is 5.55. The Bertz CT molecular complexity index is 514. The quantitative estimate of drug-likeness (QED) is 0.415. The van der Waals surface area contributed by atoms with Crippen LogP contribution in [-0.4, -0.2) is 6.54 Å². The maximum absolute atomic E-state index is 4.28. The molecule has 1 N–H and O–H groups in total. The molecule has 1 aliphatic carbocycles. The van der Waals surface area contributed by atoms with E-state index in [-0.39, 0.29) is 0 Å². The van der Waals surface area contributed by atoms with E-state index in [1.807, 2.05) is 12.3 Å². The summed E-state index contributed by atoms with van der Waals surface area (Å²) in [6.07, 6.45) is 12.7. The van der Waals surface area contributed by atoms with Gasteiger partial charge in [0.2, 0.25) is 0 Å². The van der Waals surface area contributed by atoms with E-state index in [1.54, 1.807) is 0 Å². The van der Waals surface area contributed by atoms with Gasteiger partial charge in [-0.25, -0.2) is 0 Å². The second-order valence-corrected chi connectivity index (χ2v) is 6.09. The minimum atomic E-state index is 0.590. The first-order chi connectivity index (χ1) is 10.5. The topological polar surface area (TPSA) is 12.0 Å². The van der Waals surface area contributed by atoms with Crippen molar-refractivity contribution in [3.05, 3.63) is 72.0 Å². The summed E-state index contributed by atoms with van der Waals surface area (Å²) in [5, 5.41) is 3.18. The fraction of sp³-hybridized carbons (Fsp3) is 0.429. The number of hydrogen-bond donors (Lipinski definition) is 1. The maximum atomic E-state index is 4.28. The Hall–Kier alpha value is -1.76. The van der Waals surface area contributed by atoms with Crippen LogP contribution in [0.2, 0.25) is 0 Å². The van der Waals surface area contributed by atoms with Crippen molar-refractivity contribution in [3.63, 3.8) is 0 Å². The Balaban J connectivity index is 2.64. The predicted molar refractivity (Wildman–Crippen MR) is 99.7 cm³/mol. The monoisotopic (exact) mass is 297 g/mol. The zero-order chi connectivity index (χ0) is 16.5. The van der Waals surface area contributed by atoms with Gasteiger partial charge in [0.25, 0.3) is 0 Å². The van der Waals surface area contributed by atoms with Crippen LogP contribution in [-0.2, 0) is 0 Å². The van der Waals surface area contributed by atoms with Crippen molar-refractivity contribution in [2.24, 2.45) is 5.92 Å². The molecule has 0 heterocycles. The Kier molecular flexibility index (Phi) is 7.73. The SMILES string of the molecule is C=CCN/C=C/CCC(C)C1=CC(C)=C(C(=C)CC)C(=C)C1. The molecule has 1 rings (SSSR count). The summed E-state index contributed by atoms with van der Waals surface area (Å²) in [7, 11) is 0. The molecule has 0 saturated carbocycles. The van der Waals surface area contributed by atoms with Gasteiger partial charge < -0.3 is 5.32 Å². The summed E-state index contributed by atoms with van der Waals surface area (Å²) in [6, 6.07) is 0. The van der Waals surface area contributed by atoms with Crippen molar-refractivity contribution in [3.8, 4) is 0 Å². The van der Waals surface area contributed by atoms with Crippen molar-refractivity contribution in [1.82, 2.24) is 5.32 Å². The smallest absolute Gasteiger partial charge is 0.0322 e. The second kappa shape index (κ2) is 9.30. The van der Waals surface area contributed by atoms with Crippen LogP contribution < -0.4 is 5.32 Å². The minimum absolute atomic E-state index is 0.590. The molecule has 0 aliphatic heterocycles. The predicted octanol–water partition coefficient (Wildman–Crippen LogP) is 5.86. The lowest BCUT2D eigenvalue weighted by atomic mass is 9.80. The molecule has 0 fully saturated rings. The van der Waals surface area contributed by atoms with E-state index >= 15 is 0 Å². The first kappa shape index (κ1) is 18.3. The van der Waals surface area contributed by atoms with Crippen molar-refractivity contribution in [2.75, 3.05) is 6.54 Å². The van der Waals surface area contributed by atoms with E-state index in [4.69, 9.17) is 0 Å². The summed E-state index contributed by atoms with van der Waals surface area (Å²) >= 11 is 0. The van der Waals surface area contributed by atoms with E-state index < -0.39 is 0 Å². The third-order valence-electron chi connectivity index (χ3n) is 4.24. The van der Waals surface area contributed by atoms with Crippen LogP contribution in [0.4, 0.5) is 0 Å². The Morgan fingerprint density at radius 3 is 2.77 bits per heavy atom. The zero-order valence-corrected chi connectivity index (χ0v) is 14.5. The minimum Gasteiger partial charge on any atom is -0.388 e. The van der Waals surface area contributed by atoms with Gasteiger partial charge in [-0.05, 0) is 67.0 Å². The molecule has 0 radical (unpaired) electrons. The third-order valence-corrected chi connectivity index (χ3v) is 4.24. The average molecular weight is 297 g/mol. The lowest BCUT2D eigenvalue weighted by Gasteiger charge is -2.25. The lowest BCUT2D eigenvalue weighted by Crippen LogP contribution is -2.08. The molecule has 1 atom stereocenters. The molecule has 22 heavy (non-hydrogen) atoms. The molecular weight excluding hydrogens is 266 g/mol. The zero-order valence-electron chi connectivity index (χ0n) is 14.5. The molecule has 0 aromatic heterocycles. The number of hydrogen-bond acceptors (Lipinski definition) is 1. The summed E-state index contributed by atoms with van der Waals surface area (Å²) in [5.41, 5.74) is 6.57. The van der Waals surface area contributed by atoms with Crippen LogP contribution in [0.25, 0.3) is 0 Å². The largest absolute Gasteiger partial charge is 0.388 e. The van der Waals surface area contributed by atoms with E-state index in [2.05, 4.69) is 58.0 Å². The third kappa shape index (κ3) is 5.22. The van der Waals surface area contributed by atoms with Crippen LogP contribution in [0.3, 0.4) is 0 Å². The maximum Gasteiger partial charge on any atom is 0.0322 e. The number of nitrogens with one attached hydrogen (secondary N) is 1. The van der Waals surface area contributed by atoms with Crippen molar-refractivity contribution in [1.29, 1.82) is 0 Å². The van der Waals surface area contributed by atoms with Crippen LogP contribution in [0.15, 0.2) is 72.0 Å². The Morgan fingerprint density at radius 1 is 1.45 bits per heavy atom. The molecule has 0 aromatic carbocycles. The van der Waals surface area contributed by atoms with Gasteiger partial charge in [0.15, 0.2) is 0 Å². The van der Waals surface area contributed by atoms with Gasteiger partial charge in [-0.3, -0.25) is 0 Å². The number of allylic oxidation sites excluding steroid dienone is 7. The second-order valence-electron chi connectivity index (χ2n) is 6.09. The Morgan fingerprint density at radius 2 is 2.18 bits per heavy atom. The van der Waals surface area contributed by atoms with Crippen molar-refractivity contribution < 1.29 is 0 Å². The average Bonchev–Trinajstić information content (AvgIpc) is 2.49. The molecule has 1 unspecified atom stereocenters. The molecular formula is C21H31N. The molecule has 0 amide bonds. The molecule has 0 spiro atoms.